The monoisotopic (exact) mass is 427 g/mol. The summed E-state index contributed by atoms with van der Waals surface area (Å²) in [6, 6.07) is 16.3. The van der Waals surface area contributed by atoms with E-state index in [4.69, 9.17) is 9.47 Å². The number of carbonyl (C=O) groups excluding carboxylic acids is 1. The molecule has 160 valence electrons. The summed E-state index contributed by atoms with van der Waals surface area (Å²) >= 11 is 0. The van der Waals surface area contributed by atoms with Crippen LogP contribution in [0.25, 0.3) is 11.0 Å². The number of methoxy groups -OCH3 is 1. The van der Waals surface area contributed by atoms with Gasteiger partial charge in [0.2, 0.25) is 0 Å². The van der Waals surface area contributed by atoms with Crippen molar-refractivity contribution in [2.24, 2.45) is 5.10 Å². The van der Waals surface area contributed by atoms with Crippen molar-refractivity contribution in [2.75, 3.05) is 7.11 Å². The van der Waals surface area contributed by atoms with Crippen LogP contribution < -0.4 is 14.9 Å². The van der Waals surface area contributed by atoms with Crippen molar-refractivity contribution in [2.45, 2.75) is 13.5 Å². The van der Waals surface area contributed by atoms with E-state index in [0.717, 1.165) is 28.0 Å². The molecule has 4 rings (SSSR count). The smallest absolute Gasteiger partial charge is 0.271 e. The highest BCUT2D eigenvalue weighted by Crippen LogP contribution is 2.28. The molecule has 0 saturated heterocycles. The molecule has 0 bridgehead atoms. The summed E-state index contributed by atoms with van der Waals surface area (Å²) in [5.41, 5.74) is 6.95. The number of hydrogen-bond donors (Lipinski definition) is 1. The van der Waals surface area contributed by atoms with Crippen molar-refractivity contribution >= 4 is 23.2 Å². The minimum absolute atomic E-state index is 0.259. The molecule has 0 aliphatic carbocycles. The first-order chi connectivity index (χ1) is 15.6. The predicted octanol–water partition coefficient (Wildman–Crippen LogP) is 3.68. The van der Waals surface area contributed by atoms with Crippen LogP contribution in [0.2, 0.25) is 0 Å². The van der Waals surface area contributed by atoms with Gasteiger partial charge in [0.25, 0.3) is 5.91 Å². The van der Waals surface area contributed by atoms with E-state index < -0.39 is 0 Å². The minimum atomic E-state index is -0.317. The number of benzene rings is 2. The maximum Gasteiger partial charge on any atom is 0.271 e. The van der Waals surface area contributed by atoms with Crippen LogP contribution in [-0.2, 0) is 6.61 Å². The average molecular weight is 427 g/mol. The molecule has 4 aromatic rings. The van der Waals surface area contributed by atoms with Gasteiger partial charge < -0.3 is 9.47 Å². The zero-order chi connectivity index (χ0) is 22.3. The molecule has 32 heavy (non-hydrogen) atoms. The number of nitrogens with one attached hydrogen (secondary N) is 1. The number of ether oxygens (including phenoxy) is 2. The fourth-order valence-electron chi connectivity index (χ4n) is 3.02. The number of hydrogen-bond acceptors (Lipinski definition) is 7. The molecule has 0 atom stereocenters. The summed E-state index contributed by atoms with van der Waals surface area (Å²) in [6.07, 6.45) is 4.63. The van der Waals surface area contributed by atoms with Crippen molar-refractivity contribution in [1.29, 1.82) is 0 Å². The van der Waals surface area contributed by atoms with E-state index in [1.54, 1.807) is 43.8 Å². The van der Waals surface area contributed by atoms with Crippen LogP contribution in [0.4, 0.5) is 0 Å². The van der Waals surface area contributed by atoms with Gasteiger partial charge in [-0.3, -0.25) is 9.78 Å². The van der Waals surface area contributed by atoms with Gasteiger partial charge in [-0.25, -0.2) is 15.4 Å². The predicted molar refractivity (Wildman–Crippen MR) is 121 cm³/mol. The van der Waals surface area contributed by atoms with Crippen molar-refractivity contribution in [3.05, 3.63) is 89.5 Å². The van der Waals surface area contributed by atoms with E-state index in [2.05, 4.69) is 25.5 Å². The fourth-order valence-corrected chi connectivity index (χ4v) is 3.02. The van der Waals surface area contributed by atoms with E-state index in [0.29, 0.717) is 17.1 Å². The Balaban J connectivity index is 1.43. The van der Waals surface area contributed by atoms with Crippen LogP contribution in [-0.4, -0.2) is 34.2 Å². The first-order valence-corrected chi connectivity index (χ1v) is 9.90. The number of nitrogens with zero attached hydrogens (tertiary/aromatic N) is 4. The lowest BCUT2D eigenvalue weighted by Crippen LogP contribution is -2.17. The third kappa shape index (κ3) is 4.86. The first-order valence-electron chi connectivity index (χ1n) is 9.90. The van der Waals surface area contributed by atoms with Crippen LogP contribution in [0.15, 0.2) is 72.1 Å². The lowest BCUT2D eigenvalue weighted by Gasteiger charge is -2.12. The zero-order valence-electron chi connectivity index (χ0n) is 17.6. The fraction of sp³-hybridized carbons (Fsp3) is 0.125. The molecule has 2 heterocycles. The minimum Gasteiger partial charge on any atom is -0.493 e. The Kier molecular flexibility index (Phi) is 6.31. The summed E-state index contributed by atoms with van der Waals surface area (Å²) in [5.74, 6) is 0.795. The van der Waals surface area contributed by atoms with Crippen LogP contribution in [0.3, 0.4) is 0 Å². The van der Waals surface area contributed by atoms with Gasteiger partial charge >= 0.3 is 0 Å². The van der Waals surface area contributed by atoms with Crippen molar-refractivity contribution in [3.8, 4) is 11.5 Å². The number of rotatable bonds is 7. The Morgan fingerprint density at radius 2 is 1.78 bits per heavy atom. The van der Waals surface area contributed by atoms with Gasteiger partial charge in [0, 0.05) is 18.0 Å². The number of pyridine rings is 1. The molecule has 0 aliphatic rings. The molecule has 1 amide bonds. The molecule has 0 aliphatic heterocycles. The highest BCUT2D eigenvalue weighted by Gasteiger charge is 2.10. The number of aryl methyl sites for hydroxylation is 1. The number of carbonyl (C=O) groups is 1. The lowest BCUT2D eigenvalue weighted by molar-refractivity contribution is 0.0955. The standard InChI is InChI=1S/C24H21N5O3/c1-16-21(28-20-6-4-3-5-19(20)27-16)15-32-22-8-7-17(13-23(22)31-2)14-26-29-24(30)18-9-11-25-12-10-18/h3-14H,15H2,1-2H3,(H,29,30)/b26-14-. The van der Waals surface area contributed by atoms with Crippen molar-refractivity contribution in [3.63, 3.8) is 0 Å². The highest BCUT2D eigenvalue weighted by molar-refractivity contribution is 5.94. The van der Waals surface area contributed by atoms with E-state index >= 15 is 0 Å². The highest BCUT2D eigenvalue weighted by atomic mass is 16.5. The van der Waals surface area contributed by atoms with Crippen LogP contribution in [0.5, 0.6) is 11.5 Å². The molecular formula is C24H21N5O3. The number of amides is 1. The van der Waals surface area contributed by atoms with Crippen molar-refractivity contribution in [1.82, 2.24) is 20.4 Å². The average Bonchev–Trinajstić information content (AvgIpc) is 2.83. The number of fused-ring (bicyclic) bond motifs is 1. The molecule has 0 spiro atoms. The summed E-state index contributed by atoms with van der Waals surface area (Å²) in [5, 5.41) is 4.00. The van der Waals surface area contributed by atoms with E-state index in [9.17, 15) is 4.79 Å². The molecule has 0 radical (unpaired) electrons. The SMILES string of the molecule is COc1cc(/C=N\NC(=O)c2ccncc2)ccc1OCc1nc2ccccc2nc1C. The number of para-hydroxylation sites is 2. The van der Waals surface area contributed by atoms with Gasteiger partial charge in [0.15, 0.2) is 11.5 Å². The molecule has 1 N–H and O–H groups in total. The Morgan fingerprint density at radius 1 is 1.03 bits per heavy atom. The van der Waals surface area contributed by atoms with Gasteiger partial charge in [-0.05, 0) is 55.0 Å². The molecule has 0 fully saturated rings. The molecule has 0 saturated carbocycles. The van der Waals surface area contributed by atoms with Crippen LogP contribution >= 0.6 is 0 Å². The van der Waals surface area contributed by atoms with E-state index in [1.807, 2.05) is 37.3 Å². The normalized spacial score (nSPS) is 10.9. The maximum absolute atomic E-state index is 12.0. The molecule has 8 heteroatoms. The van der Waals surface area contributed by atoms with Crippen LogP contribution in [0.1, 0.15) is 27.3 Å². The third-order valence-corrected chi connectivity index (χ3v) is 4.72. The second kappa shape index (κ2) is 9.65. The molecule has 2 aromatic carbocycles. The number of aromatic nitrogens is 3. The Bertz CT molecular complexity index is 1280. The Morgan fingerprint density at radius 3 is 2.53 bits per heavy atom. The molecule has 0 unspecified atom stereocenters. The van der Waals surface area contributed by atoms with Gasteiger partial charge in [0.05, 0.1) is 35.7 Å². The third-order valence-electron chi connectivity index (χ3n) is 4.72. The van der Waals surface area contributed by atoms with Gasteiger partial charge in [-0.2, -0.15) is 5.10 Å². The first kappa shape index (κ1) is 20.9. The van der Waals surface area contributed by atoms with Crippen LogP contribution in [0, 0.1) is 6.92 Å². The topological polar surface area (TPSA) is 98.6 Å². The zero-order valence-corrected chi connectivity index (χ0v) is 17.6. The number of hydrazone groups is 1. The molecule has 2 aromatic heterocycles. The summed E-state index contributed by atoms with van der Waals surface area (Å²) < 4.78 is 11.4. The van der Waals surface area contributed by atoms with E-state index in [-0.39, 0.29) is 12.5 Å². The lowest BCUT2D eigenvalue weighted by atomic mass is 10.2. The van der Waals surface area contributed by atoms with Gasteiger partial charge in [0.1, 0.15) is 6.61 Å². The molecule has 8 nitrogen and oxygen atoms in total. The second-order valence-corrected chi connectivity index (χ2v) is 6.88. The van der Waals surface area contributed by atoms with E-state index in [1.165, 1.54) is 6.21 Å². The maximum atomic E-state index is 12.0. The van der Waals surface area contributed by atoms with Gasteiger partial charge in [-0.1, -0.05) is 12.1 Å². The Hall–Kier alpha value is -4.33. The summed E-state index contributed by atoms with van der Waals surface area (Å²) in [7, 11) is 1.56. The Labute approximate surface area is 185 Å². The largest absolute Gasteiger partial charge is 0.493 e. The summed E-state index contributed by atoms with van der Waals surface area (Å²) in [4.78, 5) is 25.2. The summed E-state index contributed by atoms with van der Waals surface area (Å²) in [6.45, 7) is 2.17. The van der Waals surface area contributed by atoms with Gasteiger partial charge in [-0.15, -0.1) is 0 Å². The quantitative estimate of drug-likeness (QED) is 0.357. The molecular weight excluding hydrogens is 406 g/mol. The second-order valence-electron chi connectivity index (χ2n) is 6.88. The van der Waals surface area contributed by atoms with Crippen molar-refractivity contribution < 1.29 is 14.3 Å².